The van der Waals surface area contributed by atoms with Crippen molar-refractivity contribution in [3.05, 3.63) is 52.8 Å². The van der Waals surface area contributed by atoms with Crippen LogP contribution in [0.2, 0.25) is 10.0 Å². The SMILES string of the molecule is Clc1cc(Cl)cc(Nc2c[nH]c3ncccc23)c1. The van der Waals surface area contributed by atoms with Crippen molar-refractivity contribution in [2.75, 3.05) is 5.32 Å². The first kappa shape index (κ1) is 11.4. The average Bonchev–Trinajstić information content (AvgIpc) is 2.72. The van der Waals surface area contributed by atoms with E-state index >= 15 is 0 Å². The van der Waals surface area contributed by atoms with Gasteiger partial charge in [-0.1, -0.05) is 23.2 Å². The zero-order valence-corrected chi connectivity index (χ0v) is 10.8. The lowest BCUT2D eigenvalue weighted by molar-refractivity contribution is 1.33. The van der Waals surface area contributed by atoms with E-state index in [-0.39, 0.29) is 0 Å². The second kappa shape index (κ2) is 4.52. The number of aromatic nitrogens is 2. The normalized spacial score (nSPS) is 10.8. The van der Waals surface area contributed by atoms with Crippen molar-refractivity contribution in [1.29, 1.82) is 0 Å². The molecule has 0 saturated heterocycles. The third kappa shape index (κ3) is 2.15. The number of hydrogen-bond acceptors (Lipinski definition) is 2. The molecule has 0 spiro atoms. The molecular weight excluding hydrogens is 269 g/mol. The second-order valence-corrected chi connectivity index (χ2v) is 4.76. The van der Waals surface area contributed by atoms with Crippen molar-refractivity contribution < 1.29 is 0 Å². The molecule has 3 aromatic rings. The standard InChI is InChI=1S/C13H9Cl2N3/c14-8-4-9(15)6-10(5-8)18-12-7-17-13-11(12)2-1-3-16-13/h1-7,18H,(H,16,17). The summed E-state index contributed by atoms with van der Waals surface area (Å²) < 4.78 is 0. The molecule has 0 bridgehead atoms. The molecule has 0 aliphatic heterocycles. The van der Waals surface area contributed by atoms with Gasteiger partial charge in [0.25, 0.3) is 0 Å². The van der Waals surface area contributed by atoms with Crippen LogP contribution < -0.4 is 5.32 Å². The molecule has 0 radical (unpaired) electrons. The molecule has 18 heavy (non-hydrogen) atoms. The van der Waals surface area contributed by atoms with Gasteiger partial charge in [0.2, 0.25) is 0 Å². The highest BCUT2D eigenvalue weighted by Crippen LogP contribution is 2.28. The van der Waals surface area contributed by atoms with Crippen LogP contribution in [-0.4, -0.2) is 9.97 Å². The van der Waals surface area contributed by atoms with E-state index in [0.29, 0.717) is 10.0 Å². The zero-order chi connectivity index (χ0) is 12.5. The predicted octanol–water partition coefficient (Wildman–Crippen LogP) is 4.61. The summed E-state index contributed by atoms with van der Waals surface area (Å²) in [5.41, 5.74) is 2.63. The molecule has 2 N–H and O–H groups in total. The van der Waals surface area contributed by atoms with Crippen LogP contribution in [0.25, 0.3) is 11.0 Å². The number of hydrogen-bond donors (Lipinski definition) is 2. The summed E-state index contributed by atoms with van der Waals surface area (Å²) in [6, 6.07) is 9.23. The van der Waals surface area contributed by atoms with Crippen LogP contribution in [0.5, 0.6) is 0 Å². The summed E-state index contributed by atoms with van der Waals surface area (Å²) in [5, 5.41) is 5.49. The Morgan fingerprint density at radius 3 is 2.67 bits per heavy atom. The van der Waals surface area contributed by atoms with E-state index in [1.807, 2.05) is 30.5 Å². The van der Waals surface area contributed by atoms with Gasteiger partial charge in [-0.15, -0.1) is 0 Å². The number of H-pyrrole nitrogens is 1. The number of rotatable bonds is 2. The molecule has 0 fully saturated rings. The number of pyridine rings is 1. The summed E-state index contributed by atoms with van der Waals surface area (Å²) in [4.78, 5) is 7.33. The number of anilines is 2. The largest absolute Gasteiger partial charge is 0.354 e. The Bertz CT molecular complexity index is 686. The van der Waals surface area contributed by atoms with Crippen molar-refractivity contribution in [3.63, 3.8) is 0 Å². The minimum atomic E-state index is 0.600. The Balaban J connectivity index is 2.01. The Morgan fingerprint density at radius 1 is 1.11 bits per heavy atom. The lowest BCUT2D eigenvalue weighted by atomic mass is 10.2. The fourth-order valence-electron chi connectivity index (χ4n) is 1.84. The fourth-order valence-corrected chi connectivity index (χ4v) is 2.37. The molecule has 0 unspecified atom stereocenters. The van der Waals surface area contributed by atoms with Crippen LogP contribution in [0.3, 0.4) is 0 Å². The van der Waals surface area contributed by atoms with Crippen molar-refractivity contribution in [2.24, 2.45) is 0 Å². The molecule has 2 heterocycles. The van der Waals surface area contributed by atoms with Crippen molar-refractivity contribution in [3.8, 4) is 0 Å². The van der Waals surface area contributed by atoms with Crippen LogP contribution in [0.15, 0.2) is 42.7 Å². The summed E-state index contributed by atoms with van der Waals surface area (Å²) >= 11 is 11.9. The molecular formula is C13H9Cl2N3. The van der Waals surface area contributed by atoms with E-state index in [1.165, 1.54) is 0 Å². The molecule has 0 aliphatic rings. The number of halogens is 2. The van der Waals surface area contributed by atoms with E-state index in [1.54, 1.807) is 12.3 Å². The van der Waals surface area contributed by atoms with Crippen LogP contribution in [0.4, 0.5) is 11.4 Å². The van der Waals surface area contributed by atoms with Gasteiger partial charge in [-0.25, -0.2) is 4.98 Å². The third-order valence-corrected chi connectivity index (χ3v) is 3.03. The van der Waals surface area contributed by atoms with Crippen LogP contribution in [0.1, 0.15) is 0 Å². The topological polar surface area (TPSA) is 40.7 Å². The molecule has 0 atom stereocenters. The molecule has 3 rings (SSSR count). The number of fused-ring (bicyclic) bond motifs is 1. The smallest absolute Gasteiger partial charge is 0.139 e. The molecule has 0 amide bonds. The molecule has 0 aliphatic carbocycles. The molecule has 2 aromatic heterocycles. The van der Waals surface area contributed by atoms with Gasteiger partial charge < -0.3 is 10.3 Å². The molecule has 90 valence electrons. The summed E-state index contributed by atoms with van der Waals surface area (Å²) in [6.45, 7) is 0. The highest BCUT2D eigenvalue weighted by atomic mass is 35.5. The Hall–Kier alpha value is -1.71. The van der Waals surface area contributed by atoms with Gasteiger partial charge in [-0.05, 0) is 30.3 Å². The van der Waals surface area contributed by atoms with Crippen molar-refractivity contribution in [1.82, 2.24) is 9.97 Å². The molecule has 5 heteroatoms. The van der Waals surface area contributed by atoms with Crippen LogP contribution >= 0.6 is 23.2 Å². The maximum Gasteiger partial charge on any atom is 0.139 e. The molecule has 3 nitrogen and oxygen atoms in total. The van der Waals surface area contributed by atoms with Gasteiger partial charge in [0, 0.05) is 33.5 Å². The van der Waals surface area contributed by atoms with Crippen molar-refractivity contribution in [2.45, 2.75) is 0 Å². The monoisotopic (exact) mass is 277 g/mol. The maximum absolute atomic E-state index is 5.96. The minimum Gasteiger partial charge on any atom is -0.354 e. The predicted molar refractivity (Wildman–Crippen MR) is 75.8 cm³/mol. The van der Waals surface area contributed by atoms with Gasteiger partial charge in [-0.3, -0.25) is 0 Å². The first-order valence-corrected chi connectivity index (χ1v) is 6.13. The van der Waals surface area contributed by atoms with Crippen LogP contribution in [0, 0.1) is 0 Å². The Kier molecular flexibility index (Phi) is 2.86. The third-order valence-electron chi connectivity index (χ3n) is 2.59. The highest BCUT2D eigenvalue weighted by molar-refractivity contribution is 6.35. The minimum absolute atomic E-state index is 0.600. The Labute approximate surface area is 114 Å². The number of nitrogens with one attached hydrogen (secondary N) is 2. The quantitative estimate of drug-likeness (QED) is 0.718. The van der Waals surface area contributed by atoms with E-state index in [2.05, 4.69) is 15.3 Å². The van der Waals surface area contributed by atoms with E-state index in [9.17, 15) is 0 Å². The maximum atomic E-state index is 5.96. The number of aromatic amines is 1. The first-order valence-electron chi connectivity index (χ1n) is 5.37. The van der Waals surface area contributed by atoms with E-state index in [4.69, 9.17) is 23.2 Å². The van der Waals surface area contributed by atoms with Gasteiger partial charge in [0.05, 0.1) is 5.69 Å². The van der Waals surface area contributed by atoms with Crippen LogP contribution in [-0.2, 0) is 0 Å². The molecule has 1 aromatic carbocycles. The Morgan fingerprint density at radius 2 is 1.89 bits per heavy atom. The average molecular weight is 278 g/mol. The summed E-state index contributed by atoms with van der Waals surface area (Å²) in [6.07, 6.45) is 3.62. The summed E-state index contributed by atoms with van der Waals surface area (Å²) in [7, 11) is 0. The number of benzene rings is 1. The van der Waals surface area contributed by atoms with Gasteiger partial charge in [-0.2, -0.15) is 0 Å². The van der Waals surface area contributed by atoms with E-state index in [0.717, 1.165) is 22.4 Å². The van der Waals surface area contributed by atoms with Crippen molar-refractivity contribution >= 4 is 45.6 Å². The van der Waals surface area contributed by atoms with Gasteiger partial charge >= 0.3 is 0 Å². The van der Waals surface area contributed by atoms with E-state index < -0.39 is 0 Å². The lowest BCUT2D eigenvalue weighted by Gasteiger charge is -2.06. The number of nitrogens with zero attached hydrogens (tertiary/aromatic N) is 1. The van der Waals surface area contributed by atoms with Gasteiger partial charge in [0.1, 0.15) is 5.65 Å². The second-order valence-electron chi connectivity index (χ2n) is 3.89. The first-order chi connectivity index (χ1) is 8.72. The molecule has 0 saturated carbocycles. The summed E-state index contributed by atoms with van der Waals surface area (Å²) in [5.74, 6) is 0. The van der Waals surface area contributed by atoms with Gasteiger partial charge in [0.15, 0.2) is 0 Å². The highest BCUT2D eigenvalue weighted by Gasteiger charge is 2.05. The lowest BCUT2D eigenvalue weighted by Crippen LogP contribution is -1.89. The zero-order valence-electron chi connectivity index (χ0n) is 9.24. The fraction of sp³-hybridized carbons (Fsp3) is 0.